The van der Waals surface area contributed by atoms with E-state index in [1.54, 1.807) is 0 Å². The summed E-state index contributed by atoms with van der Waals surface area (Å²) in [4.78, 5) is 17.6. The first-order valence-corrected chi connectivity index (χ1v) is 11.7. The number of amides is 1. The summed E-state index contributed by atoms with van der Waals surface area (Å²) in [6, 6.07) is 2.81. The van der Waals surface area contributed by atoms with Gasteiger partial charge in [-0.2, -0.15) is 18.2 Å². The molecule has 0 aromatic heterocycles. The Balaban J connectivity index is 2.02. The maximum Gasteiger partial charge on any atom is 0.417 e. The van der Waals surface area contributed by atoms with E-state index in [0.29, 0.717) is 6.42 Å². The number of carbonyl (C=O) groups excluding carboxylic acids is 1. The van der Waals surface area contributed by atoms with E-state index >= 15 is 0 Å². The van der Waals surface area contributed by atoms with Gasteiger partial charge in [-0.3, -0.25) is 4.79 Å². The fourth-order valence-electron chi connectivity index (χ4n) is 3.24. The predicted octanol–water partition coefficient (Wildman–Crippen LogP) is 4.15. The van der Waals surface area contributed by atoms with E-state index in [4.69, 9.17) is 11.6 Å². The molecule has 0 radical (unpaired) electrons. The Morgan fingerprint density at radius 2 is 2.07 bits per heavy atom. The van der Waals surface area contributed by atoms with Crippen LogP contribution in [0.4, 0.5) is 18.9 Å². The van der Waals surface area contributed by atoms with Crippen LogP contribution in [0, 0.1) is 0 Å². The molecule has 154 valence electrons. The van der Waals surface area contributed by atoms with Crippen molar-refractivity contribution in [3.8, 4) is 0 Å². The van der Waals surface area contributed by atoms with E-state index in [2.05, 4.69) is 4.99 Å². The molecule has 2 aliphatic rings. The van der Waals surface area contributed by atoms with Crippen molar-refractivity contribution in [1.82, 2.24) is 0 Å². The number of amidine groups is 1. The zero-order chi connectivity index (χ0) is 20.7. The summed E-state index contributed by atoms with van der Waals surface area (Å²) in [6.45, 7) is 1.93. The van der Waals surface area contributed by atoms with Crippen LogP contribution in [0.5, 0.6) is 0 Å². The van der Waals surface area contributed by atoms with Crippen LogP contribution >= 0.6 is 23.4 Å². The first kappa shape index (κ1) is 21.4. The molecular weight excluding hydrogens is 437 g/mol. The zero-order valence-electron chi connectivity index (χ0n) is 14.9. The lowest BCUT2D eigenvalue weighted by atomic mass is 10.1. The van der Waals surface area contributed by atoms with E-state index in [9.17, 15) is 26.4 Å². The standard InChI is InChI=1S/C17H18ClF3N2O3S2/c1-2-3-4-15(24)22-16-23(13-8-28(25,26)9-14(13)27-16)10-5-6-12(18)11(7-10)17(19,20)21/h5-7,13-14H,2-4,8-9H2,1H3/t13-,14-/m1/s1. The van der Waals surface area contributed by atoms with Gasteiger partial charge >= 0.3 is 6.18 Å². The van der Waals surface area contributed by atoms with E-state index in [-0.39, 0.29) is 39.9 Å². The lowest BCUT2D eigenvalue weighted by molar-refractivity contribution is -0.137. The number of benzene rings is 1. The third kappa shape index (κ3) is 4.49. The highest BCUT2D eigenvalue weighted by Gasteiger charge is 2.49. The fourth-order valence-corrected chi connectivity index (χ4v) is 7.39. The van der Waals surface area contributed by atoms with Gasteiger partial charge in [0.15, 0.2) is 15.0 Å². The molecule has 1 aromatic rings. The molecule has 2 fully saturated rings. The molecule has 2 aliphatic heterocycles. The van der Waals surface area contributed by atoms with Crippen molar-refractivity contribution < 1.29 is 26.4 Å². The number of anilines is 1. The number of nitrogens with zero attached hydrogens (tertiary/aromatic N) is 2. The third-order valence-corrected chi connectivity index (χ3v) is 8.10. The van der Waals surface area contributed by atoms with Crippen LogP contribution < -0.4 is 4.90 Å². The first-order chi connectivity index (χ1) is 13.0. The van der Waals surface area contributed by atoms with Crippen LogP contribution in [-0.2, 0) is 20.8 Å². The van der Waals surface area contributed by atoms with E-state index < -0.39 is 32.6 Å². The minimum absolute atomic E-state index is 0.0965. The van der Waals surface area contributed by atoms with Crippen LogP contribution in [0.1, 0.15) is 31.7 Å². The van der Waals surface area contributed by atoms with Gasteiger partial charge in [-0.05, 0) is 24.6 Å². The Kier molecular flexibility index (Phi) is 6.03. The molecule has 0 spiro atoms. The highest BCUT2D eigenvalue weighted by Crippen LogP contribution is 2.43. The molecule has 0 unspecified atom stereocenters. The monoisotopic (exact) mass is 454 g/mol. The smallest absolute Gasteiger partial charge is 0.316 e. The van der Waals surface area contributed by atoms with Crippen LogP contribution in [-0.4, -0.2) is 42.3 Å². The molecular formula is C17H18ClF3N2O3S2. The number of hydrogen-bond donors (Lipinski definition) is 0. The molecule has 0 bridgehead atoms. The number of halogens is 4. The van der Waals surface area contributed by atoms with Crippen molar-refractivity contribution in [2.75, 3.05) is 16.4 Å². The van der Waals surface area contributed by atoms with Crippen molar-refractivity contribution in [3.05, 3.63) is 28.8 Å². The van der Waals surface area contributed by atoms with Gasteiger partial charge in [0.05, 0.1) is 28.1 Å². The van der Waals surface area contributed by atoms with Gasteiger partial charge in [0.1, 0.15) is 0 Å². The number of hydrogen-bond acceptors (Lipinski definition) is 4. The largest absolute Gasteiger partial charge is 0.417 e. The molecule has 28 heavy (non-hydrogen) atoms. The number of carbonyl (C=O) groups is 1. The zero-order valence-corrected chi connectivity index (χ0v) is 17.3. The Hall–Kier alpha value is -1.26. The second-order valence-corrected chi connectivity index (χ2v) is 10.5. The van der Waals surface area contributed by atoms with Crippen LogP contribution in [0.25, 0.3) is 0 Å². The van der Waals surface area contributed by atoms with Gasteiger partial charge in [-0.15, -0.1) is 0 Å². The molecule has 3 rings (SSSR count). The molecule has 11 heteroatoms. The summed E-state index contributed by atoms with van der Waals surface area (Å²) in [5.41, 5.74) is -0.895. The van der Waals surface area contributed by atoms with Gasteiger partial charge in [0, 0.05) is 17.4 Å². The number of alkyl halides is 3. The number of unbranched alkanes of at least 4 members (excludes halogenated alkanes) is 1. The van der Waals surface area contributed by atoms with Crippen molar-refractivity contribution in [1.29, 1.82) is 0 Å². The molecule has 0 N–H and O–H groups in total. The fraction of sp³-hybridized carbons (Fsp3) is 0.529. The average molecular weight is 455 g/mol. The number of aliphatic imine (C=N–C) groups is 1. The summed E-state index contributed by atoms with van der Waals surface area (Å²) in [7, 11) is -3.31. The van der Waals surface area contributed by atoms with Gasteiger partial charge in [-0.25, -0.2) is 8.42 Å². The predicted molar refractivity (Wildman–Crippen MR) is 105 cm³/mol. The maximum atomic E-state index is 13.3. The summed E-state index contributed by atoms with van der Waals surface area (Å²) in [6.07, 6.45) is -2.96. The summed E-state index contributed by atoms with van der Waals surface area (Å²) < 4.78 is 63.8. The van der Waals surface area contributed by atoms with Gasteiger partial charge in [0.2, 0.25) is 5.91 Å². The number of thioether (sulfide) groups is 1. The SMILES string of the molecule is CCCCC(=O)N=C1S[C@@H]2CS(=O)(=O)C[C@H]2N1c1ccc(Cl)c(C(F)(F)F)c1. The summed E-state index contributed by atoms with van der Waals surface area (Å²) in [5.74, 6) is -0.667. The topological polar surface area (TPSA) is 66.8 Å². The van der Waals surface area contributed by atoms with Crippen LogP contribution in [0.3, 0.4) is 0 Å². The maximum absolute atomic E-state index is 13.3. The van der Waals surface area contributed by atoms with Crippen molar-refractivity contribution >= 4 is 50.0 Å². The number of sulfone groups is 1. The molecule has 1 aromatic carbocycles. The van der Waals surface area contributed by atoms with E-state index in [0.717, 1.165) is 30.3 Å². The van der Waals surface area contributed by atoms with Crippen LogP contribution in [0.15, 0.2) is 23.2 Å². The normalized spacial score (nSPS) is 25.3. The lowest BCUT2D eigenvalue weighted by Gasteiger charge is -2.25. The Labute approximate surface area is 170 Å². The Morgan fingerprint density at radius 1 is 1.36 bits per heavy atom. The molecule has 2 saturated heterocycles. The Morgan fingerprint density at radius 3 is 2.71 bits per heavy atom. The molecule has 0 saturated carbocycles. The van der Waals surface area contributed by atoms with Crippen molar-refractivity contribution in [2.24, 2.45) is 4.99 Å². The second kappa shape index (κ2) is 7.87. The highest BCUT2D eigenvalue weighted by atomic mass is 35.5. The summed E-state index contributed by atoms with van der Waals surface area (Å²) >= 11 is 6.83. The molecule has 2 heterocycles. The van der Waals surface area contributed by atoms with Gasteiger partial charge in [-0.1, -0.05) is 36.7 Å². The third-order valence-electron chi connectivity index (χ3n) is 4.56. The second-order valence-electron chi connectivity index (χ2n) is 6.72. The lowest BCUT2D eigenvalue weighted by Crippen LogP contribution is -2.37. The van der Waals surface area contributed by atoms with Gasteiger partial charge < -0.3 is 4.90 Å². The number of fused-ring (bicyclic) bond motifs is 1. The van der Waals surface area contributed by atoms with Gasteiger partial charge in [0.25, 0.3) is 0 Å². The first-order valence-electron chi connectivity index (χ1n) is 8.66. The molecule has 2 atom stereocenters. The van der Waals surface area contributed by atoms with Crippen LogP contribution in [0.2, 0.25) is 5.02 Å². The average Bonchev–Trinajstić information content (AvgIpc) is 3.03. The summed E-state index contributed by atoms with van der Waals surface area (Å²) in [5, 5.41) is -0.592. The molecule has 1 amide bonds. The quantitative estimate of drug-likeness (QED) is 0.683. The van der Waals surface area contributed by atoms with E-state index in [1.807, 2.05) is 6.92 Å². The van der Waals surface area contributed by atoms with Crippen molar-refractivity contribution in [2.45, 2.75) is 43.7 Å². The molecule has 0 aliphatic carbocycles. The van der Waals surface area contributed by atoms with Crippen molar-refractivity contribution in [3.63, 3.8) is 0 Å². The molecule has 5 nitrogen and oxygen atoms in total. The Bertz CT molecular complexity index is 919. The minimum atomic E-state index is -4.66. The number of rotatable bonds is 4. The van der Waals surface area contributed by atoms with E-state index in [1.165, 1.54) is 11.0 Å². The highest BCUT2D eigenvalue weighted by molar-refractivity contribution is 8.16. The minimum Gasteiger partial charge on any atom is -0.316 e.